The number of aliphatic hydroxyl groups is 1. The molecule has 0 bridgehead atoms. The van der Waals surface area contributed by atoms with Crippen LogP contribution in [0.4, 0.5) is 0 Å². The SMILES string of the molecule is CN(CC(=O)O)C(O)C(=O)O. The third kappa shape index (κ3) is 3.54. The van der Waals surface area contributed by atoms with Crippen molar-refractivity contribution >= 4 is 11.9 Å². The summed E-state index contributed by atoms with van der Waals surface area (Å²) in [6.07, 6.45) is -1.76. The molecule has 0 aliphatic carbocycles. The summed E-state index contributed by atoms with van der Waals surface area (Å²) < 4.78 is 0. The number of hydrogen-bond acceptors (Lipinski definition) is 4. The summed E-state index contributed by atoms with van der Waals surface area (Å²) in [5.41, 5.74) is 0. The van der Waals surface area contributed by atoms with Crippen LogP contribution in [0.1, 0.15) is 0 Å². The number of carboxylic acids is 2. The lowest BCUT2D eigenvalue weighted by Crippen LogP contribution is -2.41. The molecule has 0 aromatic carbocycles. The second-order valence-corrected chi connectivity index (χ2v) is 2.02. The van der Waals surface area contributed by atoms with E-state index in [1.807, 2.05) is 0 Å². The Morgan fingerprint density at radius 1 is 1.45 bits per heavy atom. The van der Waals surface area contributed by atoms with Crippen LogP contribution in [-0.2, 0) is 9.59 Å². The molecule has 0 rings (SSSR count). The predicted molar refractivity (Wildman–Crippen MR) is 33.9 cm³/mol. The molecule has 0 aromatic heterocycles. The second-order valence-electron chi connectivity index (χ2n) is 2.02. The number of likely N-dealkylation sites (N-methyl/N-ethyl adjacent to an activating group) is 1. The van der Waals surface area contributed by atoms with Gasteiger partial charge in [-0.05, 0) is 7.05 Å². The van der Waals surface area contributed by atoms with E-state index in [0.29, 0.717) is 0 Å². The minimum Gasteiger partial charge on any atom is -0.480 e. The van der Waals surface area contributed by atoms with E-state index in [2.05, 4.69) is 0 Å². The minimum absolute atomic E-state index is 0.506. The second kappa shape index (κ2) is 3.89. The van der Waals surface area contributed by atoms with Gasteiger partial charge in [-0.1, -0.05) is 0 Å². The van der Waals surface area contributed by atoms with Gasteiger partial charge in [-0.2, -0.15) is 0 Å². The zero-order chi connectivity index (χ0) is 9.02. The molecule has 64 valence electrons. The molecule has 0 amide bonds. The Morgan fingerprint density at radius 3 is 2.18 bits per heavy atom. The Hall–Kier alpha value is -1.14. The summed E-state index contributed by atoms with van der Waals surface area (Å²) in [4.78, 5) is 20.8. The molecular formula is C5H9NO5. The molecule has 0 fully saturated rings. The van der Waals surface area contributed by atoms with Crippen molar-refractivity contribution in [2.24, 2.45) is 0 Å². The fourth-order valence-electron chi connectivity index (χ4n) is 0.488. The first-order valence-electron chi connectivity index (χ1n) is 2.78. The van der Waals surface area contributed by atoms with Crippen LogP contribution in [-0.4, -0.2) is 52.0 Å². The Bertz CT molecular complexity index is 168. The minimum atomic E-state index is -1.76. The van der Waals surface area contributed by atoms with Crippen LogP contribution in [0.3, 0.4) is 0 Å². The maximum Gasteiger partial charge on any atom is 0.348 e. The molecule has 0 radical (unpaired) electrons. The highest BCUT2D eigenvalue weighted by Crippen LogP contribution is 1.90. The Morgan fingerprint density at radius 2 is 1.91 bits per heavy atom. The van der Waals surface area contributed by atoms with Gasteiger partial charge in [0.2, 0.25) is 6.23 Å². The average molecular weight is 163 g/mol. The lowest BCUT2D eigenvalue weighted by molar-refractivity contribution is -0.158. The highest BCUT2D eigenvalue weighted by Gasteiger charge is 2.20. The van der Waals surface area contributed by atoms with Crippen LogP contribution in [0.2, 0.25) is 0 Å². The van der Waals surface area contributed by atoms with Gasteiger partial charge < -0.3 is 15.3 Å². The van der Waals surface area contributed by atoms with E-state index in [9.17, 15) is 9.59 Å². The third-order valence-corrected chi connectivity index (χ3v) is 1.02. The fourth-order valence-corrected chi connectivity index (χ4v) is 0.488. The molecule has 6 nitrogen and oxygen atoms in total. The van der Waals surface area contributed by atoms with E-state index in [0.717, 1.165) is 4.90 Å². The zero-order valence-electron chi connectivity index (χ0n) is 5.89. The summed E-state index contributed by atoms with van der Waals surface area (Å²) >= 11 is 0. The van der Waals surface area contributed by atoms with Crippen LogP contribution in [0, 0.1) is 0 Å². The van der Waals surface area contributed by atoms with Crippen molar-refractivity contribution in [1.82, 2.24) is 4.90 Å². The van der Waals surface area contributed by atoms with Crippen molar-refractivity contribution in [3.05, 3.63) is 0 Å². The molecule has 0 saturated carbocycles. The molecule has 0 aliphatic rings. The van der Waals surface area contributed by atoms with Gasteiger partial charge in [0.05, 0.1) is 6.54 Å². The highest BCUT2D eigenvalue weighted by molar-refractivity contribution is 5.73. The number of hydrogen-bond donors (Lipinski definition) is 3. The van der Waals surface area contributed by atoms with Gasteiger partial charge in [-0.15, -0.1) is 0 Å². The van der Waals surface area contributed by atoms with Crippen LogP contribution in [0.5, 0.6) is 0 Å². The molecule has 0 spiro atoms. The molecule has 3 N–H and O–H groups in total. The number of nitrogens with zero attached hydrogens (tertiary/aromatic N) is 1. The first-order valence-corrected chi connectivity index (χ1v) is 2.78. The van der Waals surface area contributed by atoms with Crippen molar-refractivity contribution in [1.29, 1.82) is 0 Å². The molecule has 11 heavy (non-hydrogen) atoms. The van der Waals surface area contributed by atoms with Crippen LogP contribution in [0.15, 0.2) is 0 Å². The molecule has 1 atom stereocenters. The molecule has 1 unspecified atom stereocenters. The molecular weight excluding hydrogens is 154 g/mol. The zero-order valence-corrected chi connectivity index (χ0v) is 5.89. The normalized spacial score (nSPS) is 13.0. The van der Waals surface area contributed by atoms with Crippen molar-refractivity contribution in [2.75, 3.05) is 13.6 Å². The van der Waals surface area contributed by atoms with E-state index >= 15 is 0 Å². The maximum absolute atomic E-state index is 10.0. The number of carbonyl (C=O) groups is 2. The maximum atomic E-state index is 10.0. The van der Waals surface area contributed by atoms with E-state index in [4.69, 9.17) is 15.3 Å². The largest absolute Gasteiger partial charge is 0.480 e. The smallest absolute Gasteiger partial charge is 0.348 e. The molecule has 6 heteroatoms. The summed E-state index contributed by atoms with van der Waals surface area (Å²) in [6, 6.07) is 0. The van der Waals surface area contributed by atoms with E-state index in [-0.39, 0.29) is 0 Å². The van der Waals surface area contributed by atoms with E-state index in [1.165, 1.54) is 7.05 Å². The molecule has 0 aromatic rings. The van der Waals surface area contributed by atoms with Crippen LogP contribution in [0.25, 0.3) is 0 Å². The van der Waals surface area contributed by atoms with Gasteiger partial charge in [0, 0.05) is 0 Å². The molecule has 0 saturated heterocycles. The number of aliphatic carboxylic acids is 2. The predicted octanol–water partition coefficient (Wildman–Crippen LogP) is -1.59. The monoisotopic (exact) mass is 163 g/mol. The number of carboxylic acid groups (broad SMARTS) is 2. The quantitative estimate of drug-likeness (QED) is 0.432. The van der Waals surface area contributed by atoms with Gasteiger partial charge in [-0.3, -0.25) is 9.69 Å². The topological polar surface area (TPSA) is 98.1 Å². The Labute approximate surface area is 62.7 Å². The fraction of sp³-hybridized carbons (Fsp3) is 0.600. The first kappa shape index (κ1) is 9.86. The molecule has 0 heterocycles. The van der Waals surface area contributed by atoms with Crippen LogP contribution >= 0.6 is 0 Å². The van der Waals surface area contributed by atoms with Crippen molar-refractivity contribution < 1.29 is 24.9 Å². The van der Waals surface area contributed by atoms with Gasteiger partial charge in [-0.25, -0.2) is 4.79 Å². The van der Waals surface area contributed by atoms with Gasteiger partial charge >= 0.3 is 11.9 Å². The summed E-state index contributed by atoms with van der Waals surface area (Å²) in [7, 11) is 1.20. The third-order valence-electron chi connectivity index (χ3n) is 1.02. The lowest BCUT2D eigenvalue weighted by atomic mass is 10.5. The standard InChI is InChI=1S/C5H9NO5/c1-6(2-3(7)8)4(9)5(10)11/h4,9H,2H2,1H3,(H,7,8)(H,10,11). The first-order chi connectivity index (χ1) is 4.95. The van der Waals surface area contributed by atoms with Crippen molar-refractivity contribution in [3.8, 4) is 0 Å². The Kier molecular flexibility index (Phi) is 3.49. The average Bonchev–Trinajstić information content (AvgIpc) is 1.84. The van der Waals surface area contributed by atoms with E-state index in [1.54, 1.807) is 0 Å². The summed E-state index contributed by atoms with van der Waals surface area (Å²) in [5.74, 6) is -2.65. The summed E-state index contributed by atoms with van der Waals surface area (Å²) in [5, 5.41) is 25.1. The van der Waals surface area contributed by atoms with Gasteiger partial charge in [0.1, 0.15) is 0 Å². The van der Waals surface area contributed by atoms with Crippen molar-refractivity contribution in [3.63, 3.8) is 0 Å². The number of rotatable bonds is 4. The van der Waals surface area contributed by atoms with E-state index < -0.39 is 24.7 Å². The number of aliphatic hydroxyl groups excluding tert-OH is 1. The van der Waals surface area contributed by atoms with Gasteiger partial charge in [0.25, 0.3) is 0 Å². The van der Waals surface area contributed by atoms with Crippen molar-refractivity contribution in [2.45, 2.75) is 6.23 Å². The summed E-state index contributed by atoms with van der Waals surface area (Å²) in [6.45, 7) is -0.506. The highest BCUT2D eigenvalue weighted by atomic mass is 16.4. The molecule has 0 aliphatic heterocycles. The lowest BCUT2D eigenvalue weighted by Gasteiger charge is -2.16. The van der Waals surface area contributed by atoms with Gasteiger partial charge in [0.15, 0.2) is 0 Å². The van der Waals surface area contributed by atoms with Crippen LogP contribution < -0.4 is 0 Å². The Balaban J connectivity index is 3.92.